The predicted octanol–water partition coefficient (Wildman–Crippen LogP) is 5.61. The van der Waals surface area contributed by atoms with Gasteiger partial charge in [-0.05, 0) is 73.7 Å². The van der Waals surface area contributed by atoms with Crippen molar-refractivity contribution in [2.45, 2.75) is 76.2 Å². The van der Waals surface area contributed by atoms with E-state index in [0.29, 0.717) is 31.1 Å². The Labute approximate surface area is 233 Å². The zero-order chi connectivity index (χ0) is 28.1. The lowest BCUT2D eigenvalue weighted by molar-refractivity contribution is -0.157. The molecule has 1 amide bonds. The third-order valence-corrected chi connectivity index (χ3v) is 8.23. The first-order valence-corrected chi connectivity index (χ1v) is 14.2. The average Bonchev–Trinajstić information content (AvgIpc) is 3.00. The van der Waals surface area contributed by atoms with Crippen LogP contribution in [0.25, 0.3) is 0 Å². The minimum absolute atomic E-state index is 0.0484. The molecule has 216 valence electrons. The number of hydrogen-bond acceptors (Lipinski definition) is 5. The van der Waals surface area contributed by atoms with Crippen LogP contribution in [0.2, 0.25) is 0 Å². The number of aliphatic hydroxyl groups is 1. The molecule has 40 heavy (non-hydrogen) atoms. The number of nitrogens with zero attached hydrogens (tertiary/aromatic N) is 2. The van der Waals surface area contributed by atoms with Crippen LogP contribution in [0.4, 0.5) is 13.2 Å². The standard InChI is InChI=1S/C31H37F3N2O4/c32-31(33,34)26-10-8-24(9-11-26)25-18-28(40-29(19-25)39-21-23-6-4-22(20-37)5-7-23)30(38)36-16-12-27(13-17-36)35-14-2-1-3-15-35/h4-11,18,25,27,29,37H,1-3,12-17,19-21H2/t25-,29+/m0/s1. The Morgan fingerprint density at radius 2 is 1.57 bits per heavy atom. The molecule has 3 aliphatic heterocycles. The number of piperidine rings is 2. The maximum atomic E-state index is 13.6. The normalized spacial score (nSPS) is 23.0. The molecule has 0 unspecified atom stereocenters. The SMILES string of the molecule is O=C(C1=C[C@H](c2ccc(C(F)(F)F)cc2)C[C@H](OCc2ccc(CO)cc2)O1)N1CCC(N2CCCCC2)CC1. The number of alkyl halides is 3. The zero-order valence-corrected chi connectivity index (χ0v) is 22.6. The number of benzene rings is 2. The molecule has 9 heteroatoms. The molecule has 2 fully saturated rings. The first-order valence-electron chi connectivity index (χ1n) is 14.2. The fraction of sp³-hybridized carbons (Fsp3) is 0.516. The lowest BCUT2D eigenvalue weighted by atomic mass is 9.92. The van der Waals surface area contributed by atoms with Crippen LogP contribution in [-0.2, 0) is 33.7 Å². The molecular weight excluding hydrogens is 521 g/mol. The Bertz CT molecular complexity index is 1150. The number of amides is 1. The van der Waals surface area contributed by atoms with Crippen molar-refractivity contribution in [1.82, 2.24) is 9.80 Å². The van der Waals surface area contributed by atoms with Crippen molar-refractivity contribution in [2.24, 2.45) is 0 Å². The Kier molecular flexibility index (Phi) is 9.13. The summed E-state index contributed by atoms with van der Waals surface area (Å²) < 4.78 is 51.5. The molecule has 2 atom stereocenters. The van der Waals surface area contributed by atoms with E-state index in [0.717, 1.165) is 49.2 Å². The first kappa shape index (κ1) is 28.6. The third kappa shape index (κ3) is 7.06. The van der Waals surface area contributed by atoms with Gasteiger partial charge >= 0.3 is 6.18 Å². The quantitative estimate of drug-likeness (QED) is 0.479. The van der Waals surface area contributed by atoms with Gasteiger partial charge < -0.3 is 24.4 Å². The van der Waals surface area contributed by atoms with Gasteiger partial charge in [0, 0.05) is 31.5 Å². The second-order valence-electron chi connectivity index (χ2n) is 10.9. The Morgan fingerprint density at radius 3 is 2.20 bits per heavy atom. The second kappa shape index (κ2) is 12.7. The number of carbonyl (C=O) groups excluding carboxylic acids is 1. The summed E-state index contributed by atoms with van der Waals surface area (Å²) in [6, 6.07) is 12.9. The number of hydrogen-bond donors (Lipinski definition) is 1. The highest BCUT2D eigenvalue weighted by Crippen LogP contribution is 2.35. The smallest absolute Gasteiger partial charge is 0.416 e. The molecule has 0 aromatic heterocycles. The zero-order valence-electron chi connectivity index (χ0n) is 22.6. The van der Waals surface area contributed by atoms with Gasteiger partial charge in [-0.15, -0.1) is 0 Å². The van der Waals surface area contributed by atoms with Gasteiger partial charge in [0.1, 0.15) is 0 Å². The third-order valence-electron chi connectivity index (χ3n) is 8.23. The van der Waals surface area contributed by atoms with Crippen molar-refractivity contribution >= 4 is 5.91 Å². The van der Waals surface area contributed by atoms with Crippen molar-refractivity contribution in [2.75, 3.05) is 26.2 Å². The van der Waals surface area contributed by atoms with Gasteiger partial charge in [-0.3, -0.25) is 4.79 Å². The van der Waals surface area contributed by atoms with Crippen molar-refractivity contribution in [3.05, 3.63) is 82.6 Å². The molecule has 3 aliphatic rings. The van der Waals surface area contributed by atoms with Crippen molar-refractivity contribution in [1.29, 1.82) is 0 Å². The molecule has 0 bridgehead atoms. The van der Waals surface area contributed by atoms with Gasteiger partial charge in [0.15, 0.2) is 5.76 Å². The Hall–Kier alpha value is -2.88. The summed E-state index contributed by atoms with van der Waals surface area (Å²) in [5, 5.41) is 9.27. The number of carbonyl (C=O) groups is 1. The van der Waals surface area contributed by atoms with Gasteiger partial charge in [-0.1, -0.05) is 42.8 Å². The van der Waals surface area contributed by atoms with E-state index in [4.69, 9.17) is 9.47 Å². The van der Waals surface area contributed by atoms with E-state index in [1.165, 1.54) is 31.4 Å². The molecule has 0 aliphatic carbocycles. The maximum Gasteiger partial charge on any atom is 0.416 e. The number of rotatable bonds is 7. The van der Waals surface area contributed by atoms with Gasteiger partial charge in [-0.25, -0.2) is 0 Å². The molecule has 2 saturated heterocycles. The summed E-state index contributed by atoms with van der Waals surface area (Å²) in [6.45, 7) is 3.74. The van der Waals surface area contributed by atoms with E-state index in [9.17, 15) is 23.1 Å². The minimum atomic E-state index is -4.41. The summed E-state index contributed by atoms with van der Waals surface area (Å²) in [7, 11) is 0. The summed E-state index contributed by atoms with van der Waals surface area (Å²) in [5.41, 5.74) is 1.64. The van der Waals surface area contributed by atoms with Crippen molar-refractivity contribution < 1.29 is 32.5 Å². The van der Waals surface area contributed by atoms with Crippen LogP contribution in [0.5, 0.6) is 0 Å². The molecule has 0 radical (unpaired) electrons. The van der Waals surface area contributed by atoms with Crippen molar-refractivity contribution in [3.8, 4) is 0 Å². The maximum absolute atomic E-state index is 13.6. The van der Waals surface area contributed by atoms with Crippen LogP contribution in [0.3, 0.4) is 0 Å². The number of aliphatic hydroxyl groups excluding tert-OH is 1. The van der Waals surface area contributed by atoms with Crippen LogP contribution in [0, 0.1) is 0 Å². The van der Waals surface area contributed by atoms with Crippen LogP contribution in [-0.4, -0.2) is 59.3 Å². The predicted molar refractivity (Wildman–Crippen MR) is 144 cm³/mol. The van der Waals surface area contributed by atoms with Crippen LogP contribution < -0.4 is 0 Å². The lowest BCUT2D eigenvalue weighted by Crippen LogP contribution is -2.49. The molecule has 0 saturated carbocycles. The van der Waals surface area contributed by atoms with Gasteiger partial charge in [0.05, 0.1) is 18.8 Å². The van der Waals surface area contributed by atoms with Crippen LogP contribution in [0.15, 0.2) is 60.4 Å². The number of ether oxygens (including phenoxy) is 2. The fourth-order valence-electron chi connectivity index (χ4n) is 5.87. The minimum Gasteiger partial charge on any atom is -0.459 e. The summed E-state index contributed by atoms with van der Waals surface area (Å²) in [4.78, 5) is 18.0. The highest BCUT2D eigenvalue weighted by Gasteiger charge is 2.35. The Morgan fingerprint density at radius 1 is 0.925 bits per heavy atom. The summed E-state index contributed by atoms with van der Waals surface area (Å²) >= 11 is 0. The lowest BCUT2D eigenvalue weighted by Gasteiger charge is -2.40. The van der Waals surface area contributed by atoms with Gasteiger partial charge in [0.2, 0.25) is 6.29 Å². The van der Waals surface area contributed by atoms with E-state index in [2.05, 4.69) is 4.90 Å². The summed E-state index contributed by atoms with van der Waals surface area (Å²) in [6.07, 6.45) is 2.55. The average molecular weight is 559 g/mol. The molecule has 5 rings (SSSR count). The summed E-state index contributed by atoms with van der Waals surface area (Å²) in [5.74, 6) is -0.342. The number of allylic oxidation sites excluding steroid dienone is 1. The monoisotopic (exact) mass is 558 g/mol. The number of likely N-dealkylation sites (tertiary alicyclic amines) is 2. The number of halogens is 3. The Balaban J connectivity index is 1.29. The van der Waals surface area contributed by atoms with Crippen molar-refractivity contribution in [3.63, 3.8) is 0 Å². The highest BCUT2D eigenvalue weighted by atomic mass is 19.4. The van der Waals surface area contributed by atoms with E-state index in [-0.39, 0.29) is 30.8 Å². The van der Waals surface area contributed by atoms with E-state index < -0.39 is 18.0 Å². The molecule has 1 N–H and O–H groups in total. The van der Waals surface area contributed by atoms with Crippen LogP contribution >= 0.6 is 0 Å². The van der Waals surface area contributed by atoms with E-state index >= 15 is 0 Å². The fourth-order valence-corrected chi connectivity index (χ4v) is 5.87. The molecule has 2 aromatic carbocycles. The molecule has 6 nitrogen and oxygen atoms in total. The van der Waals surface area contributed by atoms with E-state index in [1.807, 2.05) is 29.2 Å². The topological polar surface area (TPSA) is 62.2 Å². The molecular formula is C31H37F3N2O4. The van der Waals surface area contributed by atoms with Crippen LogP contribution in [0.1, 0.15) is 66.7 Å². The second-order valence-corrected chi connectivity index (χ2v) is 10.9. The molecule has 3 heterocycles. The molecule has 0 spiro atoms. The van der Waals surface area contributed by atoms with E-state index in [1.54, 1.807) is 6.08 Å². The van der Waals surface area contributed by atoms with Gasteiger partial charge in [-0.2, -0.15) is 13.2 Å². The highest BCUT2D eigenvalue weighted by molar-refractivity contribution is 5.91. The van der Waals surface area contributed by atoms with Gasteiger partial charge in [0.25, 0.3) is 5.91 Å². The first-order chi connectivity index (χ1) is 19.3. The molecule has 2 aromatic rings. The largest absolute Gasteiger partial charge is 0.459 e.